The minimum absolute atomic E-state index is 0.0267. The maximum atomic E-state index is 14.6. The van der Waals surface area contributed by atoms with Gasteiger partial charge in [0.05, 0.1) is 19.8 Å². The Balaban J connectivity index is 4.65. The standard InChI is InChI=1S/C30H51N3O12/c1-10-19-37-22-28(40-13-4,41-14-5)31-25(34)32(29(42-15-6,43-16-7)23-38-20-11-2)27(36)33(26(31)35)30(44-17-8,45-18-9)24-39-21-12-3/h10-12H,1-3,13-24H2,4-9H3. The largest absolute Gasteiger partial charge is 0.370 e. The van der Waals surface area contributed by atoms with Crippen molar-refractivity contribution in [2.45, 2.75) is 59.3 Å². The molecule has 0 aliphatic rings. The van der Waals surface area contributed by atoms with Gasteiger partial charge in [-0.15, -0.1) is 19.7 Å². The Bertz CT molecular complexity index is 1030. The summed E-state index contributed by atoms with van der Waals surface area (Å²) in [5, 5.41) is 0. The van der Waals surface area contributed by atoms with E-state index >= 15 is 0 Å². The summed E-state index contributed by atoms with van der Waals surface area (Å²) >= 11 is 0. The quantitative estimate of drug-likeness (QED) is 0.0781. The predicted molar refractivity (Wildman–Crippen MR) is 166 cm³/mol. The minimum atomic E-state index is -2.18. The van der Waals surface area contributed by atoms with Gasteiger partial charge in [-0.3, -0.25) is 0 Å². The monoisotopic (exact) mass is 645 g/mol. The van der Waals surface area contributed by atoms with Crippen LogP contribution in [0, 0.1) is 0 Å². The molecule has 258 valence electrons. The van der Waals surface area contributed by atoms with Crippen LogP contribution in [0.1, 0.15) is 41.5 Å². The highest BCUT2D eigenvalue weighted by molar-refractivity contribution is 4.91. The minimum Gasteiger partial charge on any atom is -0.370 e. The topological polar surface area (TPSA) is 149 Å². The van der Waals surface area contributed by atoms with Crippen LogP contribution in [-0.2, 0) is 60.4 Å². The van der Waals surface area contributed by atoms with E-state index in [1.54, 1.807) is 41.5 Å². The normalized spacial score (nSPS) is 12.4. The molecule has 1 aromatic heterocycles. The van der Waals surface area contributed by atoms with Crippen molar-refractivity contribution in [2.75, 3.05) is 79.3 Å². The fraction of sp³-hybridized carbons (Fsp3) is 0.700. The van der Waals surface area contributed by atoms with Crippen LogP contribution in [0.4, 0.5) is 0 Å². The fourth-order valence-corrected chi connectivity index (χ4v) is 4.54. The smallest absolute Gasteiger partial charge is 0.345 e. The third-order valence-corrected chi connectivity index (χ3v) is 5.95. The van der Waals surface area contributed by atoms with E-state index in [4.69, 9.17) is 42.6 Å². The van der Waals surface area contributed by atoms with Gasteiger partial charge in [-0.1, -0.05) is 18.2 Å². The molecule has 1 aromatic rings. The Hall–Kier alpha value is -2.73. The number of nitrogens with zero attached hydrogens (tertiary/aromatic N) is 3. The van der Waals surface area contributed by atoms with Gasteiger partial charge in [0.2, 0.25) is 0 Å². The summed E-state index contributed by atoms with van der Waals surface area (Å²) in [6.07, 6.45) is 4.43. The first-order valence-corrected chi connectivity index (χ1v) is 15.1. The second-order valence-electron chi connectivity index (χ2n) is 9.00. The number of aromatic nitrogens is 3. The molecule has 1 heterocycles. The molecule has 0 saturated heterocycles. The van der Waals surface area contributed by atoms with Crippen molar-refractivity contribution in [3.8, 4) is 0 Å². The van der Waals surface area contributed by atoms with Crippen LogP contribution in [0.3, 0.4) is 0 Å². The van der Waals surface area contributed by atoms with Crippen molar-refractivity contribution in [2.24, 2.45) is 0 Å². The average molecular weight is 646 g/mol. The average Bonchev–Trinajstić information content (AvgIpc) is 2.98. The van der Waals surface area contributed by atoms with E-state index in [-0.39, 0.29) is 59.5 Å². The molecule has 0 saturated carbocycles. The fourth-order valence-electron chi connectivity index (χ4n) is 4.54. The molecule has 0 aromatic carbocycles. The van der Waals surface area contributed by atoms with Crippen molar-refractivity contribution in [1.82, 2.24) is 13.7 Å². The van der Waals surface area contributed by atoms with Crippen molar-refractivity contribution < 1.29 is 42.6 Å². The summed E-state index contributed by atoms with van der Waals surface area (Å²) in [5.74, 6) is -6.55. The van der Waals surface area contributed by atoms with E-state index in [0.29, 0.717) is 13.7 Å². The van der Waals surface area contributed by atoms with Crippen LogP contribution in [0.5, 0.6) is 0 Å². The zero-order chi connectivity index (χ0) is 33.9. The maximum Gasteiger partial charge on any atom is 0.345 e. The molecular weight excluding hydrogens is 594 g/mol. The van der Waals surface area contributed by atoms with Gasteiger partial charge < -0.3 is 42.6 Å². The summed E-state index contributed by atoms with van der Waals surface area (Å²) in [6.45, 7) is 19.3. The van der Waals surface area contributed by atoms with Crippen LogP contribution >= 0.6 is 0 Å². The molecule has 0 unspecified atom stereocenters. The molecule has 0 radical (unpaired) electrons. The molecule has 1 rings (SSSR count). The number of ether oxygens (including phenoxy) is 9. The first-order valence-electron chi connectivity index (χ1n) is 15.1. The lowest BCUT2D eigenvalue weighted by Crippen LogP contribution is -2.71. The number of hydrogen-bond donors (Lipinski definition) is 0. The zero-order valence-electron chi connectivity index (χ0n) is 27.6. The van der Waals surface area contributed by atoms with Gasteiger partial charge in [-0.25, -0.2) is 14.4 Å². The second kappa shape index (κ2) is 20.4. The summed E-state index contributed by atoms with van der Waals surface area (Å²) in [6, 6.07) is 0. The van der Waals surface area contributed by atoms with Crippen molar-refractivity contribution in [1.29, 1.82) is 0 Å². The highest BCUT2D eigenvalue weighted by Gasteiger charge is 2.49. The van der Waals surface area contributed by atoms with Crippen LogP contribution in [-0.4, -0.2) is 93.0 Å². The Morgan fingerprint density at radius 2 is 0.667 bits per heavy atom. The summed E-state index contributed by atoms with van der Waals surface area (Å²) in [7, 11) is 0. The van der Waals surface area contributed by atoms with Crippen LogP contribution in [0.25, 0.3) is 0 Å². The molecule has 15 nitrogen and oxygen atoms in total. The van der Waals surface area contributed by atoms with Crippen molar-refractivity contribution in [3.05, 3.63) is 69.4 Å². The summed E-state index contributed by atoms with van der Waals surface area (Å²) in [4.78, 5) is 43.9. The Labute approximate surface area is 264 Å². The van der Waals surface area contributed by atoms with E-state index in [1.807, 2.05) is 0 Å². The summed E-state index contributed by atoms with van der Waals surface area (Å²) < 4.78 is 54.8. The molecule has 0 amide bonds. The van der Waals surface area contributed by atoms with Gasteiger partial charge in [0.1, 0.15) is 19.8 Å². The molecule has 0 N–H and O–H groups in total. The van der Waals surface area contributed by atoms with Gasteiger partial charge in [0, 0.05) is 39.6 Å². The lowest BCUT2D eigenvalue weighted by Gasteiger charge is -2.39. The number of rotatable bonds is 27. The highest BCUT2D eigenvalue weighted by atomic mass is 16.8. The Morgan fingerprint density at radius 1 is 0.467 bits per heavy atom. The Kier molecular flexibility index (Phi) is 18.3. The SMILES string of the molecule is C=CCOCC(OCC)(OCC)n1c(=O)n(C(COCC=C)(OCC)OCC)c(=O)n(C(COCC=C)(OCC)OCC)c1=O. The van der Waals surface area contributed by atoms with Crippen LogP contribution in [0.15, 0.2) is 52.3 Å². The third-order valence-electron chi connectivity index (χ3n) is 5.95. The molecule has 45 heavy (non-hydrogen) atoms. The molecule has 0 fully saturated rings. The van der Waals surface area contributed by atoms with E-state index in [1.165, 1.54) is 18.2 Å². The van der Waals surface area contributed by atoms with E-state index in [0.717, 1.165) is 0 Å². The second-order valence-corrected chi connectivity index (χ2v) is 9.00. The van der Waals surface area contributed by atoms with E-state index in [9.17, 15) is 14.4 Å². The van der Waals surface area contributed by atoms with E-state index < -0.39 is 54.6 Å². The first kappa shape index (κ1) is 40.3. The molecule has 0 bridgehead atoms. The van der Waals surface area contributed by atoms with Gasteiger partial charge >= 0.3 is 17.1 Å². The third kappa shape index (κ3) is 9.64. The molecule has 0 aliphatic carbocycles. The summed E-state index contributed by atoms with van der Waals surface area (Å²) in [5.41, 5.74) is -3.62. The Morgan fingerprint density at radius 3 is 0.822 bits per heavy atom. The van der Waals surface area contributed by atoms with Gasteiger partial charge in [0.25, 0.3) is 17.7 Å². The molecular formula is C30H51N3O12. The van der Waals surface area contributed by atoms with Crippen molar-refractivity contribution >= 4 is 0 Å². The lowest BCUT2D eigenvalue weighted by molar-refractivity contribution is -0.340. The molecule has 0 atom stereocenters. The first-order chi connectivity index (χ1) is 21.6. The van der Waals surface area contributed by atoms with Crippen LogP contribution in [0.2, 0.25) is 0 Å². The maximum absolute atomic E-state index is 14.6. The number of hydrogen-bond acceptors (Lipinski definition) is 12. The van der Waals surface area contributed by atoms with Crippen LogP contribution < -0.4 is 17.1 Å². The van der Waals surface area contributed by atoms with E-state index in [2.05, 4.69) is 19.7 Å². The molecule has 15 heteroatoms. The zero-order valence-corrected chi connectivity index (χ0v) is 27.6. The predicted octanol–water partition coefficient (Wildman–Crippen LogP) is 1.83. The van der Waals surface area contributed by atoms with Crippen molar-refractivity contribution in [3.63, 3.8) is 0 Å². The lowest BCUT2D eigenvalue weighted by atomic mass is 10.4. The van der Waals surface area contributed by atoms with Gasteiger partial charge in [0.15, 0.2) is 0 Å². The van der Waals surface area contributed by atoms with Gasteiger partial charge in [-0.2, -0.15) is 13.7 Å². The highest BCUT2D eigenvalue weighted by Crippen LogP contribution is 2.24. The molecule has 0 aliphatic heterocycles. The van der Waals surface area contributed by atoms with Gasteiger partial charge in [-0.05, 0) is 41.5 Å². The molecule has 0 spiro atoms.